The van der Waals surface area contributed by atoms with Crippen LogP contribution in [0.1, 0.15) is 26.5 Å². The van der Waals surface area contributed by atoms with Crippen molar-refractivity contribution in [2.45, 2.75) is 6.92 Å². The van der Waals surface area contributed by atoms with E-state index >= 15 is 0 Å². The molecule has 7 nitrogen and oxygen atoms in total. The summed E-state index contributed by atoms with van der Waals surface area (Å²) in [5.74, 6) is -0.000159. The number of ether oxygens (including phenoxy) is 2. The van der Waals surface area contributed by atoms with E-state index in [-0.39, 0.29) is 5.76 Å². The van der Waals surface area contributed by atoms with Gasteiger partial charge in [0.25, 0.3) is 5.91 Å². The van der Waals surface area contributed by atoms with Crippen LogP contribution in [0.2, 0.25) is 0 Å². The number of amides is 1. The van der Waals surface area contributed by atoms with Gasteiger partial charge in [0.1, 0.15) is 11.3 Å². The maximum absolute atomic E-state index is 12.8. The minimum atomic E-state index is -0.479. The molecule has 4 aromatic rings. The zero-order valence-corrected chi connectivity index (χ0v) is 15.6. The Labute approximate surface area is 160 Å². The van der Waals surface area contributed by atoms with Gasteiger partial charge < -0.3 is 24.2 Å². The molecule has 7 heteroatoms. The summed E-state index contributed by atoms with van der Waals surface area (Å²) in [6.07, 6.45) is 1.72. The first-order valence-corrected chi connectivity index (χ1v) is 8.59. The van der Waals surface area contributed by atoms with E-state index in [0.29, 0.717) is 33.7 Å². The van der Waals surface area contributed by atoms with E-state index in [1.54, 1.807) is 43.6 Å². The topological polar surface area (TPSA) is 93.6 Å². The molecule has 0 atom stereocenters. The fraction of sp³-hybridized carbons (Fsp3) is 0.143. The SMILES string of the molecule is COC(=O)c1cc(NC(=O)c2oc3ccc(OC)cc3c2C)cc2[nH]ccc12. The lowest BCUT2D eigenvalue weighted by atomic mass is 10.1. The Morgan fingerprint density at radius 2 is 1.89 bits per heavy atom. The summed E-state index contributed by atoms with van der Waals surface area (Å²) in [5.41, 5.74) is 2.84. The van der Waals surface area contributed by atoms with E-state index in [9.17, 15) is 9.59 Å². The van der Waals surface area contributed by atoms with E-state index in [4.69, 9.17) is 13.9 Å². The molecule has 0 saturated heterocycles. The largest absolute Gasteiger partial charge is 0.497 e. The summed E-state index contributed by atoms with van der Waals surface area (Å²) in [6.45, 7) is 1.81. The summed E-state index contributed by atoms with van der Waals surface area (Å²) >= 11 is 0. The third-order valence-corrected chi connectivity index (χ3v) is 4.68. The second kappa shape index (κ2) is 6.77. The van der Waals surface area contributed by atoms with Gasteiger partial charge in [-0.2, -0.15) is 0 Å². The summed E-state index contributed by atoms with van der Waals surface area (Å²) in [5, 5.41) is 4.32. The van der Waals surface area contributed by atoms with Crippen molar-refractivity contribution in [3.8, 4) is 5.75 Å². The first kappa shape index (κ1) is 17.7. The van der Waals surface area contributed by atoms with Crippen molar-refractivity contribution in [2.75, 3.05) is 19.5 Å². The molecule has 2 N–H and O–H groups in total. The van der Waals surface area contributed by atoms with Crippen molar-refractivity contribution >= 4 is 39.4 Å². The molecule has 0 aliphatic carbocycles. The van der Waals surface area contributed by atoms with Crippen molar-refractivity contribution in [1.29, 1.82) is 0 Å². The third-order valence-electron chi connectivity index (χ3n) is 4.68. The van der Waals surface area contributed by atoms with Crippen molar-refractivity contribution in [3.63, 3.8) is 0 Å². The number of aromatic amines is 1. The number of H-pyrrole nitrogens is 1. The quantitative estimate of drug-likeness (QED) is 0.517. The van der Waals surface area contributed by atoms with Gasteiger partial charge in [0.15, 0.2) is 5.76 Å². The number of hydrogen-bond donors (Lipinski definition) is 2. The van der Waals surface area contributed by atoms with Gasteiger partial charge in [-0.25, -0.2) is 4.79 Å². The van der Waals surface area contributed by atoms with Crippen LogP contribution in [0.5, 0.6) is 5.75 Å². The van der Waals surface area contributed by atoms with Crippen molar-refractivity contribution in [3.05, 3.63) is 59.5 Å². The molecular formula is C21H18N2O5. The average molecular weight is 378 g/mol. The monoisotopic (exact) mass is 378 g/mol. The Hall–Kier alpha value is -3.74. The second-order valence-corrected chi connectivity index (χ2v) is 6.33. The molecule has 0 saturated carbocycles. The number of benzene rings is 2. The summed E-state index contributed by atoms with van der Waals surface area (Å²) in [4.78, 5) is 27.9. The molecule has 0 spiro atoms. The van der Waals surface area contributed by atoms with Gasteiger partial charge in [-0.1, -0.05) is 0 Å². The number of carbonyl (C=O) groups is 2. The number of anilines is 1. The van der Waals surface area contributed by atoms with Crippen LogP contribution in [0.4, 0.5) is 5.69 Å². The molecule has 2 aromatic carbocycles. The zero-order valence-electron chi connectivity index (χ0n) is 15.6. The minimum Gasteiger partial charge on any atom is -0.497 e. The van der Waals surface area contributed by atoms with Gasteiger partial charge in [0, 0.05) is 33.7 Å². The minimum absolute atomic E-state index is 0.203. The van der Waals surface area contributed by atoms with E-state index in [2.05, 4.69) is 10.3 Å². The van der Waals surface area contributed by atoms with E-state index in [1.807, 2.05) is 13.0 Å². The number of fused-ring (bicyclic) bond motifs is 2. The number of nitrogens with one attached hydrogen (secondary N) is 2. The first-order chi connectivity index (χ1) is 13.5. The predicted molar refractivity (Wildman–Crippen MR) is 105 cm³/mol. The van der Waals surface area contributed by atoms with Gasteiger partial charge >= 0.3 is 5.97 Å². The highest BCUT2D eigenvalue weighted by Gasteiger charge is 2.20. The van der Waals surface area contributed by atoms with Crippen LogP contribution in [-0.2, 0) is 4.74 Å². The van der Waals surface area contributed by atoms with E-state index < -0.39 is 11.9 Å². The Morgan fingerprint density at radius 3 is 2.64 bits per heavy atom. The summed E-state index contributed by atoms with van der Waals surface area (Å²) in [6, 6.07) is 10.5. The third kappa shape index (κ3) is 2.87. The van der Waals surface area contributed by atoms with Crippen LogP contribution in [0, 0.1) is 6.92 Å². The number of rotatable bonds is 4. The van der Waals surface area contributed by atoms with Gasteiger partial charge in [-0.15, -0.1) is 0 Å². The number of aryl methyl sites for hydroxylation is 1. The molecule has 0 bridgehead atoms. The van der Waals surface area contributed by atoms with Crippen molar-refractivity contribution < 1.29 is 23.5 Å². The Balaban J connectivity index is 1.71. The van der Waals surface area contributed by atoms with Crippen LogP contribution >= 0.6 is 0 Å². The normalized spacial score (nSPS) is 11.0. The first-order valence-electron chi connectivity index (χ1n) is 8.59. The average Bonchev–Trinajstić information content (AvgIpc) is 3.31. The molecule has 2 aromatic heterocycles. The van der Waals surface area contributed by atoms with Crippen LogP contribution in [-0.4, -0.2) is 31.1 Å². The van der Waals surface area contributed by atoms with Crippen LogP contribution < -0.4 is 10.1 Å². The molecule has 28 heavy (non-hydrogen) atoms. The standard InChI is InChI=1S/C21H18N2O5/c1-11-15-10-13(26-2)4-5-18(15)28-19(11)20(24)23-12-8-16(21(25)27-3)14-6-7-22-17(14)9-12/h4-10,22H,1-3H3,(H,23,24). The molecule has 0 aliphatic heterocycles. The molecule has 0 fully saturated rings. The van der Waals surface area contributed by atoms with Crippen LogP contribution in [0.3, 0.4) is 0 Å². The number of hydrogen-bond acceptors (Lipinski definition) is 5. The Bertz CT molecular complexity index is 1220. The highest BCUT2D eigenvalue weighted by molar-refractivity contribution is 6.10. The molecule has 0 radical (unpaired) electrons. The van der Waals surface area contributed by atoms with Crippen molar-refractivity contribution in [1.82, 2.24) is 4.98 Å². The molecule has 142 valence electrons. The Morgan fingerprint density at radius 1 is 1.07 bits per heavy atom. The Kier molecular flexibility index (Phi) is 4.27. The predicted octanol–water partition coefficient (Wildman–Crippen LogP) is 4.27. The molecule has 1 amide bonds. The lowest BCUT2D eigenvalue weighted by molar-refractivity contribution is 0.0603. The maximum atomic E-state index is 12.8. The number of carbonyl (C=O) groups excluding carboxylic acids is 2. The number of furan rings is 1. The second-order valence-electron chi connectivity index (χ2n) is 6.33. The molecular weight excluding hydrogens is 360 g/mol. The lowest BCUT2D eigenvalue weighted by Crippen LogP contribution is -2.13. The highest BCUT2D eigenvalue weighted by atomic mass is 16.5. The molecule has 0 aliphatic rings. The van der Waals surface area contributed by atoms with Gasteiger partial charge in [-0.3, -0.25) is 4.79 Å². The molecule has 0 unspecified atom stereocenters. The molecule has 4 rings (SSSR count). The van der Waals surface area contributed by atoms with Gasteiger partial charge in [0.05, 0.1) is 19.8 Å². The van der Waals surface area contributed by atoms with Gasteiger partial charge in [-0.05, 0) is 43.3 Å². The molecule has 2 heterocycles. The number of esters is 1. The lowest BCUT2D eigenvalue weighted by Gasteiger charge is -2.08. The van der Waals surface area contributed by atoms with Crippen molar-refractivity contribution in [2.24, 2.45) is 0 Å². The fourth-order valence-electron chi connectivity index (χ4n) is 3.25. The number of aromatic nitrogens is 1. The number of methoxy groups -OCH3 is 2. The van der Waals surface area contributed by atoms with Gasteiger partial charge in [0.2, 0.25) is 0 Å². The van der Waals surface area contributed by atoms with E-state index in [0.717, 1.165) is 10.8 Å². The van der Waals surface area contributed by atoms with Crippen LogP contribution in [0.15, 0.2) is 47.0 Å². The summed E-state index contributed by atoms with van der Waals surface area (Å²) in [7, 11) is 2.90. The van der Waals surface area contributed by atoms with E-state index in [1.165, 1.54) is 7.11 Å². The summed E-state index contributed by atoms with van der Waals surface area (Å²) < 4.78 is 15.8. The van der Waals surface area contributed by atoms with Crippen LogP contribution in [0.25, 0.3) is 21.9 Å². The smallest absolute Gasteiger partial charge is 0.338 e. The zero-order chi connectivity index (χ0) is 19.8. The fourth-order valence-corrected chi connectivity index (χ4v) is 3.25. The highest BCUT2D eigenvalue weighted by Crippen LogP contribution is 2.30. The maximum Gasteiger partial charge on any atom is 0.338 e.